The van der Waals surface area contributed by atoms with Gasteiger partial charge < -0.3 is 29.8 Å². The molecule has 2 saturated heterocycles. The summed E-state index contributed by atoms with van der Waals surface area (Å²) in [7, 11) is 0. The Labute approximate surface area is 272 Å². The molecule has 46 heavy (non-hydrogen) atoms. The molecule has 5 atom stereocenters. The van der Waals surface area contributed by atoms with Crippen LogP contribution in [0.25, 0.3) is 11.5 Å². The summed E-state index contributed by atoms with van der Waals surface area (Å²) in [5.41, 5.74) is 3.06. The van der Waals surface area contributed by atoms with E-state index in [1.54, 1.807) is 35.6 Å². The molecular formula is C35H39N5O5S. The molecule has 0 spiro atoms. The molecular weight excluding hydrogens is 602 g/mol. The number of aliphatic hydroxyl groups is 1. The summed E-state index contributed by atoms with van der Waals surface area (Å²) in [6, 6.07) is 13.7. The van der Waals surface area contributed by atoms with Gasteiger partial charge in [-0.2, -0.15) is 0 Å². The number of thiazole rings is 1. The van der Waals surface area contributed by atoms with Crippen LogP contribution in [0.5, 0.6) is 0 Å². The second kappa shape index (κ2) is 14.5. The van der Waals surface area contributed by atoms with Gasteiger partial charge in [-0.15, -0.1) is 17.9 Å². The van der Waals surface area contributed by atoms with Crippen molar-refractivity contribution in [2.24, 2.45) is 0 Å². The summed E-state index contributed by atoms with van der Waals surface area (Å²) in [6.45, 7) is 7.30. The van der Waals surface area contributed by atoms with Gasteiger partial charge in [-0.3, -0.25) is 9.59 Å². The predicted molar refractivity (Wildman–Crippen MR) is 176 cm³/mol. The lowest BCUT2D eigenvalue weighted by atomic mass is 9.94. The van der Waals surface area contributed by atoms with Crippen LogP contribution >= 0.6 is 11.3 Å². The van der Waals surface area contributed by atoms with Gasteiger partial charge in [-0.1, -0.05) is 36.4 Å². The summed E-state index contributed by atoms with van der Waals surface area (Å²) in [5.74, 6) is -0.286. The third kappa shape index (κ3) is 7.28. The first-order valence-corrected chi connectivity index (χ1v) is 16.5. The number of aromatic nitrogens is 2. The quantitative estimate of drug-likeness (QED) is 0.190. The molecule has 4 heterocycles. The SMILES string of the molecule is C=CCO[C@H]1CN[C@@H]([C@@H](O)[C@H](Cc2ccccc2)NC(=O)c2cc(C(=O)N3CCCC3c3nc(C)cs3)cc(-c3ncco3)c2)C1. The van der Waals surface area contributed by atoms with E-state index in [0.29, 0.717) is 49.6 Å². The third-order valence-electron chi connectivity index (χ3n) is 8.57. The van der Waals surface area contributed by atoms with Crippen molar-refractivity contribution >= 4 is 23.2 Å². The fourth-order valence-electron chi connectivity index (χ4n) is 6.31. The summed E-state index contributed by atoms with van der Waals surface area (Å²) >= 11 is 1.56. The molecule has 0 radical (unpaired) electrons. The minimum atomic E-state index is -0.898. The van der Waals surface area contributed by atoms with E-state index in [4.69, 9.17) is 9.15 Å². The first kappa shape index (κ1) is 31.8. The maximum absolute atomic E-state index is 14.0. The zero-order chi connectivity index (χ0) is 32.0. The smallest absolute Gasteiger partial charge is 0.254 e. The largest absolute Gasteiger partial charge is 0.445 e. The van der Waals surface area contributed by atoms with Crippen molar-refractivity contribution < 1.29 is 23.8 Å². The molecule has 1 unspecified atom stereocenters. The molecule has 0 aliphatic carbocycles. The number of hydrogen-bond acceptors (Lipinski definition) is 9. The van der Waals surface area contributed by atoms with Gasteiger partial charge in [0.05, 0.1) is 37.1 Å². The molecule has 0 bridgehead atoms. The van der Waals surface area contributed by atoms with E-state index in [9.17, 15) is 14.7 Å². The third-order valence-corrected chi connectivity index (χ3v) is 9.63. The van der Waals surface area contributed by atoms with Crippen LogP contribution < -0.4 is 10.6 Å². The maximum Gasteiger partial charge on any atom is 0.254 e. The second-order valence-electron chi connectivity index (χ2n) is 11.9. The van der Waals surface area contributed by atoms with E-state index in [-0.39, 0.29) is 29.7 Å². The predicted octanol–water partition coefficient (Wildman–Crippen LogP) is 4.72. The molecule has 4 aromatic rings. The highest BCUT2D eigenvalue weighted by Crippen LogP contribution is 2.35. The Morgan fingerprint density at radius 2 is 2.09 bits per heavy atom. The van der Waals surface area contributed by atoms with Gasteiger partial charge in [-0.05, 0) is 56.4 Å². The molecule has 3 N–H and O–H groups in total. The second-order valence-corrected chi connectivity index (χ2v) is 12.8. The Balaban J connectivity index is 1.27. The molecule has 2 fully saturated rings. The normalized spacial score (nSPS) is 20.8. The highest BCUT2D eigenvalue weighted by atomic mass is 32.1. The molecule has 11 heteroatoms. The first-order chi connectivity index (χ1) is 22.4. The van der Waals surface area contributed by atoms with E-state index in [1.807, 2.05) is 47.5 Å². The average molecular weight is 642 g/mol. The fraction of sp³-hybridized carbons (Fsp3) is 0.371. The number of nitrogens with zero attached hydrogens (tertiary/aromatic N) is 3. The van der Waals surface area contributed by atoms with Gasteiger partial charge in [-0.25, -0.2) is 9.97 Å². The molecule has 2 aliphatic heterocycles. The van der Waals surface area contributed by atoms with Crippen molar-refractivity contribution in [3.8, 4) is 11.5 Å². The number of carbonyl (C=O) groups excluding carboxylic acids is 2. The zero-order valence-electron chi connectivity index (χ0n) is 25.8. The van der Waals surface area contributed by atoms with Crippen LogP contribution in [0.1, 0.15) is 62.3 Å². The summed E-state index contributed by atoms with van der Waals surface area (Å²) in [6.07, 6.45) is 6.45. The Kier molecular flexibility index (Phi) is 10.0. The Morgan fingerprint density at radius 1 is 1.26 bits per heavy atom. The molecule has 2 amide bonds. The fourth-order valence-corrected chi connectivity index (χ4v) is 7.25. The van der Waals surface area contributed by atoms with Crippen LogP contribution in [-0.4, -0.2) is 75.8 Å². The van der Waals surface area contributed by atoms with Gasteiger partial charge in [0, 0.05) is 46.9 Å². The minimum Gasteiger partial charge on any atom is -0.445 e. The summed E-state index contributed by atoms with van der Waals surface area (Å²) in [4.78, 5) is 38.8. The highest BCUT2D eigenvalue weighted by molar-refractivity contribution is 7.09. The Morgan fingerprint density at radius 3 is 2.83 bits per heavy atom. The lowest BCUT2D eigenvalue weighted by molar-refractivity contribution is 0.0617. The zero-order valence-corrected chi connectivity index (χ0v) is 26.6. The highest BCUT2D eigenvalue weighted by Gasteiger charge is 2.36. The summed E-state index contributed by atoms with van der Waals surface area (Å²) in [5, 5.41) is 21.0. The van der Waals surface area contributed by atoms with E-state index >= 15 is 0 Å². The van der Waals surface area contributed by atoms with Crippen molar-refractivity contribution in [1.82, 2.24) is 25.5 Å². The van der Waals surface area contributed by atoms with Crippen molar-refractivity contribution in [3.05, 3.63) is 106 Å². The average Bonchev–Trinajstić information content (AvgIpc) is 3.91. The van der Waals surface area contributed by atoms with Gasteiger partial charge in [0.2, 0.25) is 5.89 Å². The number of aliphatic hydroxyl groups excluding tert-OH is 1. The summed E-state index contributed by atoms with van der Waals surface area (Å²) < 4.78 is 11.4. The van der Waals surface area contributed by atoms with Gasteiger partial charge >= 0.3 is 0 Å². The number of hydrogen-bond donors (Lipinski definition) is 3. The Bertz CT molecular complexity index is 1640. The number of nitrogens with one attached hydrogen (secondary N) is 2. The number of carbonyl (C=O) groups is 2. The molecule has 10 nitrogen and oxygen atoms in total. The minimum absolute atomic E-state index is 0.0560. The topological polar surface area (TPSA) is 130 Å². The number of amides is 2. The monoisotopic (exact) mass is 641 g/mol. The van der Waals surface area contributed by atoms with E-state index in [0.717, 1.165) is 29.1 Å². The van der Waals surface area contributed by atoms with Crippen molar-refractivity contribution in [2.75, 3.05) is 19.7 Å². The van der Waals surface area contributed by atoms with Crippen LogP contribution in [0.2, 0.25) is 0 Å². The number of aryl methyl sites for hydroxylation is 1. The number of ether oxygens (including phenoxy) is 1. The molecule has 240 valence electrons. The number of likely N-dealkylation sites (tertiary alicyclic amines) is 1. The molecule has 2 aromatic heterocycles. The van der Waals surface area contributed by atoms with Crippen LogP contribution in [-0.2, 0) is 11.2 Å². The molecule has 2 aliphatic rings. The van der Waals surface area contributed by atoms with Crippen LogP contribution in [0.3, 0.4) is 0 Å². The number of rotatable bonds is 12. The number of oxazole rings is 1. The lowest BCUT2D eigenvalue weighted by Gasteiger charge is -2.29. The van der Waals surface area contributed by atoms with Crippen LogP contribution in [0.15, 0.2) is 83.4 Å². The van der Waals surface area contributed by atoms with Crippen molar-refractivity contribution in [2.45, 2.75) is 62.9 Å². The van der Waals surface area contributed by atoms with Crippen molar-refractivity contribution in [1.29, 1.82) is 0 Å². The number of benzene rings is 2. The van der Waals surface area contributed by atoms with Gasteiger partial charge in [0.25, 0.3) is 11.8 Å². The maximum atomic E-state index is 14.0. The van der Waals surface area contributed by atoms with Gasteiger partial charge in [0.1, 0.15) is 11.3 Å². The van der Waals surface area contributed by atoms with Crippen LogP contribution in [0, 0.1) is 6.92 Å². The van der Waals surface area contributed by atoms with Crippen LogP contribution in [0.4, 0.5) is 0 Å². The standard InChI is InChI=1S/C35H39N5O5S/c1-3-13-44-27-19-28(37-20-27)31(41)29(15-23-8-5-4-6-9-23)39-32(42)24-16-25(33-36-11-14-45-33)18-26(17-24)35(43)40-12-7-10-30(40)34-38-22(2)21-46-34/h3-6,8-9,11,14,16-18,21,27-31,37,41H,1,7,10,12-13,15,19-20H2,2H3,(H,39,42)/t27-,28-,29+,30?,31-/m1/s1. The van der Waals surface area contributed by atoms with Crippen molar-refractivity contribution in [3.63, 3.8) is 0 Å². The van der Waals surface area contributed by atoms with E-state index in [2.05, 4.69) is 27.2 Å². The first-order valence-electron chi connectivity index (χ1n) is 15.7. The molecule has 0 saturated carbocycles. The van der Waals surface area contributed by atoms with E-state index in [1.165, 1.54) is 12.5 Å². The van der Waals surface area contributed by atoms with E-state index < -0.39 is 18.1 Å². The lowest BCUT2D eigenvalue weighted by Crippen LogP contribution is -2.52. The molecule has 6 rings (SSSR count). The Hall–Kier alpha value is -4.16. The molecule has 2 aromatic carbocycles. The van der Waals surface area contributed by atoms with Gasteiger partial charge in [0.15, 0.2) is 0 Å².